The average molecular weight is 436 g/mol. The predicted octanol–water partition coefficient (Wildman–Crippen LogP) is 2.36. The summed E-state index contributed by atoms with van der Waals surface area (Å²) in [5.74, 6) is 0.230. The maximum atomic E-state index is 13.1. The van der Waals surface area contributed by atoms with Crippen molar-refractivity contribution in [2.45, 2.75) is 29.7 Å². The van der Waals surface area contributed by atoms with E-state index in [2.05, 4.69) is 16.9 Å². The average Bonchev–Trinajstić information content (AvgIpc) is 3.41. The van der Waals surface area contributed by atoms with Crippen LogP contribution in [0.15, 0.2) is 59.5 Å². The molecule has 156 valence electrons. The van der Waals surface area contributed by atoms with E-state index in [1.807, 2.05) is 18.2 Å². The highest BCUT2D eigenvalue weighted by atomic mass is 35.5. The molecule has 8 heteroatoms. The summed E-state index contributed by atoms with van der Waals surface area (Å²) in [6, 6.07) is 16.4. The highest BCUT2D eigenvalue weighted by Crippen LogP contribution is 2.33. The second kappa shape index (κ2) is 8.83. The van der Waals surface area contributed by atoms with Gasteiger partial charge >= 0.3 is 0 Å². The first-order valence-corrected chi connectivity index (χ1v) is 11.1. The third-order valence-electron chi connectivity index (χ3n) is 5.55. The molecule has 1 heterocycles. The Morgan fingerprint density at radius 2 is 1.79 bits per heavy atom. The largest absolute Gasteiger partial charge is 0.338 e. The van der Waals surface area contributed by atoms with Crippen LogP contribution < -0.4 is 10.5 Å². The molecule has 1 amide bonds. The summed E-state index contributed by atoms with van der Waals surface area (Å²) in [4.78, 5) is 15.0. The Morgan fingerprint density at radius 3 is 2.45 bits per heavy atom. The molecule has 0 bridgehead atoms. The number of nitrogens with two attached hydrogens (primary N) is 1. The fourth-order valence-electron chi connectivity index (χ4n) is 3.82. The lowest BCUT2D eigenvalue weighted by atomic mass is 9.89. The fourth-order valence-corrected chi connectivity index (χ4v) is 5.17. The second-order valence-electron chi connectivity index (χ2n) is 7.65. The molecule has 1 saturated heterocycles. The minimum Gasteiger partial charge on any atom is -0.338 e. The molecular formula is C21H26ClN3O3S. The topological polar surface area (TPSA) is 92.5 Å². The molecule has 4 rings (SSSR count). The number of nitrogens with zero attached hydrogens (tertiary/aromatic N) is 1. The third kappa shape index (κ3) is 4.80. The van der Waals surface area contributed by atoms with Crippen LogP contribution in [0.3, 0.4) is 0 Å². The van der Waals surface area contributed by atoms with Gasteiger partial charge in [-0.1, -0.05) is 36.4 Å². The lowest BCUT2D eigenvalue weighted by Gasteiger charge is -2.17. The summed E-state index contributed by atoms with van der Waals surface area (Å²) >= 11 is 0. The Bertz CT molecular complexity index is 964. The number of halogens is 1. The smallest absolute Gasteiger partial charge is 0.253 e. The van der Waals surface area contributed by atoms with Crippen LogP contribution in [0.25, 0.3) is 0 Å². The molecule has 1 saturated carbocycles. The lowest BCUT2D eigenvalue weighted by Crippen LogP contribution is -2.30. The molecule has 2 fully saturated rings. The van der Waals surface area contributed by atoms with Gasteiger partial charge in [0.1, 0.15) is 0 Å². The zero-order valence-corrected chi connectivity index (χ0v) is 17.7. The van der Waals surface area contributed by atoms with Crippen molar-refractivity contribution < 1.29 is 13.2 Å². The first kappa shape index (κ1) is 21.8. The van der Waals surface area contributed by atoms with E-state index < -0.39 is 10.0 Å². The molecule has 2 aromatic carbocycles. The molecule has 3 N–H and O–H groups in total. The SMILES string of the molecule is Cl.NC[C@@H]1CN(C(=O)c2cccc(S(=O)(=O)NC3CC3)c2)C[C@H]1c1ccccc1. The summed E-state index contributed by atoms with van der Waals surface area (Å²) in [7, 11) is -3.59. The number of nitrogens with one attached hydrogen (secondary N) is 1. The molecule has 2 aliphatic rings. The molecule has 0 spiro atoms. The molecule has 2 aromatic rings. The van der Waals surface area contributed by atoms with Crippen molar-refractivity contribution in [2.75, 3.05) is 19.6 Å². The van der Waals surface area contributed by atoms with Crippen molar-refractivity contribution in [3.05, 3.63) is 65.7 Å². The quantitative estimate of drug-likeness (QED) is 0.728. The van der Waals surface area contributed by atoms with Crippen molar-refractivity contribution in [1.29, 1.82) is 0 Å². The number of amides is 1. The highest BCUT2D eigenvalue weighted by molar-refractivity contribution is 7.89. The normalized spacial score (nSPS) is 21.6. The first-order valence-electron chi connectivity index (χ1n) is 9.64. The van der Waals surface area contributed by atoms with Crippen LogP contribution in [-0.2, 0) is 10.0 Å². The molecule has 0 radical (unpaired) electrons. The van der Waals surface area contributed by atoms with E-state index in [0.29, 0.717) is 25.2 Å². The van der Waals surface area contributed by atoms with Gasteiger partial charge in [-0.2, -0.15) is 0 Å². The van der Waals surface area contributed by atoms with Crippen LogP contribution in [0.1, 0.15) is 34.7 Å². The number of benzene rings is 2. The Hall–Kier alpha value is -1.93. The van der Waals surface area contributed by atoms with Crippen LogP contribution in [-0.4, -0.2) is 44.9 Å². The zero-order chi connectivity index (χ0) is 19.7. The van der Waals surface area contributed by atoms with Gasteiger partial charge in [-0.15, -0.1) is 12.4 Å². The Labute approximate surface area is 177 Å². The predicted molar refractivity (Wildman–Crippen MR) is 115 cm³/mol. The van der Waals surface area contributed by atoms with Crippen molar-refractivity contribution in [3.63, 3.8) is 0 Å². The van der Waals surface area contributed by atoms with Crippen molar-refractivity contribution in [1.82, 2.24) is 9.62 Å². The van der Waals surface area contributed by atoms with E-state index in [4.69, 9.17) is 5.73 Å². The van der Waals surface area contributed by atoms with Gasteiger partial charge < -0.3 is 10.6 Å². The monoisotopic (exact) mass is 435 g/mol. The van der Waals surface area contributed by atoms with Gasteiger partial charge in [-0.3, -0.25) is 4.79 Å². The molecule has 1 aliphatic heterocycles. The number of carbonyl (C=O) groups excluding carboxylic acids is 1. The summed E-state index contributed by atoms with van der Waals surface area (Å²) in [6.07, 6.45) is 1.74. The molecule has 0 aromatic heterocycles. The number of hydrogen-bond donors (Lipinski definition) is 2. The maximum Gasteiger partial charge on any atom is 0.253 e. The second-order valence-corrected chi connectivity index (χ2v) is 9.36. The van der Waals surface area contributed by atoms with Gasteiger partial charge in [0.25, 0.3) is 5.91 Å². The number of likely N-dealkylation sites (tertiary alicyclic amines) is 1. The van der Waals surface area contributed by atoms with Gasteiger partial charge in [0.15, 0.2) is 0 Å². The molecule has 6 nitrogen and oxygen atoms in total. The van der Waals surface area contributed by atoms with Crippen LogP contribution in [0.4, 0.5) is 0 Å². The number of sulfonamides is 1. The molecule has 0 unspecified atom stereocenters. The zero-order valence-electron chi connectivity index (χ0n) is 16.0. The molecular weight excluding hydrogens is 410 g/mol. The Kier molecular flexibility index (Phi) is 6.63. The summed E-state index contributed by atoms with van der Waals surface area (Å²) in [6.45, 7) is 1.66. The summed E-state index contributed by atoms with van der Waals surface area (Å²) in [5, 5.41) is 0. The number of rotatable bonds is 6. The Balaban J connectivity index is 0.00000240. The van der Waals surface area contributed by atoms with E-state index in [9.17, 15) is 13.2 Å². The van der Waals surface area contributed by atoms with Crippen LogP contribution in [0.2, 0.25) is 0 Å². The van der Waals surface area contributed by atoms with E-state index in [0.717, 1.165) is 12.8 Å². The van der Waals surface area contributed by atoms with Crippen LogP contribution >= 0.6 is 12.4 Å². The minimum atomic E-state index is -3.59. The lowest BCUT2D eigenvalue weighted by molar-refractivity contribution is 0.0786. The summed E-state index contributed by atoms with van der Waals surface area (Å²) < 4.78 is 27.6. The van der Waals surface area contributed by atoms with Gasteiger partial charge in [0.05, 0.1) is 4.90 Å². The number of hydrogen-bond acceptors (Lipinski definition) is 4. The van der Waals surface area contributed by atoms with Crippen molar-refractivity contribution >= 4 is 28.3 Å². The fraction of sp³-hybridized carbons (Fsp3) is 0.381. The van der Waals surface area contributed by atoms with E-state index in [-0.39, 0.29) is 41.1 Å². The van der Waals surface area contributed by atoms with Crippen LogP contribution in [0, 0.1) is 5.92 Å². The number of carbonyl (C=O) groups is 1. The van der Waals surface area contributed by atoms with Gasteiger partial charge in [0, 0.05) is 30.6 Å². The van der Waals surface area contributed by atoms with Crippen LogP contribution in [0.5, 0.6) is 0 Å². The minimum absolute atomic E-state index is 0. The Morgan fingerprint density at radius 1 is 1.07 bits per heavy atom. The standard InChI is InChI=1S/C21H25N3O3S.ClH/c22-12-17-13-24(14-20(17)15-5-2-1-3-6-15)21(25)16-7-4-8-19(11-16)28(26,27)23-18-9-10-18;/h1-8,11,17-18,20,23H,9-10,12-14,22H2;1H/t17-,20+;/m1./s1. The molecule has 29 heavy (non-hydrogen) atoms. The maximum absolute atomic E-state index is 13.1. The van der Waals surface area contributed by atoms with Crippen molar-refractivity contribution in [3.8, 4) is 0 Å². The van der Waals surface area contributed by atoms with Gasteiger partial charge in [-0.05, 0) is 49.1 Å². The van der Waals surface area contributed by atoms with Crippen molar-refractivity contribution in [2.24, 2.45) is 11.7 Å². The van der Waals surface area contributed by atoms with E-state index in [1.165, 1.54) is 17.7 Å². The molecule has 2 atom stereocenters. The first-order chi connectivity index (χ1) is 13.5. The highest BCUT2D eigenvalue weighted by Gasteiger charge is 2.36. The van der Waals surface area contributed by atoms with E-state index in [1.54, 1.807) is 17.0 Å². The summed E-state index contributed by atoms with van der Waals surface area (Å²) in [5.41, 5.74) is 7.54. The molecule has 1 aliphatic carbocycles. The third-order valence-corrected chi connectivity index (χ3v) is 7.07. The van der Waals surface area contributed by atoms with Gasteiger partial charge in [0.2, 0.25) is 10.0 Å². The van der Waals surface area contributed by atoms with Gasteiger partial charge in [-0.25, -0.2) is 13.1 Å². The van der Waals surface area contributed by atoms with E-state index >= 15 is 0 Å².